The Labute approximate surface area is 131 Å². The lowest BCUT2D eigenvalue weighted by atomic mass is 10.1. The molecule has 2 N–H and O–H groups in total. The highest BCUT2D eigenvalue weighted by atomic mass is 16.2. The van der Waals surface area contributed by atoms with Crippen molar-refractivity contribution in [2.45, 2.75) is 32.4 Å². The maximum atomic E-state index is 12.0. The zero-order valence-corrected chi connectivity index (χ0v) is 12.8. The fraction of sp³-hybridized carbons (Fsp3) is 0.529. The summed E-state index contributed by atoms with van der Waals surface area (Å²) in [4.78, 5) is 25.5. The molecule has 2 saturated heterocycles. The molecule has 3 rings (SSSR count). The van der Waals surface area contributed by atoms with Crippen molar-refractivity contribution in [2.75, 3.05) is 19.6 Å². The van der Waals surface area contributed by atoms with Gasteiger partial charge in [-0.2, -0.15) is 0 Å². The first-order valence-corrected chi connectivity index (χ1v) is 8.06. The highest BCUT2D eigenvalue weighted by Gasteiger charge is 2.22. The standard InChI is InChI=1S/C17H23N3O2/c21-16-2-1-9-20(16)12-14-5-3-13(4-6-14)10-19-17(22)15-7-8-18-11-15/h3-6,15,18H,1-2,7-12H2,(H,19,22). The number of carbonyl (C=O) groups is 2. The lowest BCUT2D eigenvalue weighted by molar-refractivity contribution is -0.128. The van der Waals surface area contributed by atoms with Gasteiger partial charge in [-0.25, -0.2) is 0 Å². The van der Waals surface area contributed by atoms with Crippen molar-refractivity contribution < 1.29 is 9.59 Å². The molecule has 1 aromatic carbocycles. The van der Waals surface area contributed by atoms with Crippen LogP contribution in [0.1, 0.15) is 30.4 Å². The second-order valence-electron chi connectivity index (χ2n) is 6.14. The lowest BCUT2D eigenvalue weighted by Crippen LogP contribution is -2.31. The van der Waals surface area contributed by atoms with Gasteiger partial charge in [0.1, 0.15) is 0 Å². The molecule has 0 aliphatic carbocycles. The van der Waals surface area contributed by atoms with Crippen LogP contribution in [0, 0.1) is 5.92 Å². The molecule has 1 aromatic rings. The van der Waals surface area contributed by atoms with Crippen molar-refractivity contribution in [1.82, 2.24) is 15.5 Å². The van der Waals surface area contributed by atoms with Gasteiger partial charge in [0.2, 0.25) is 11.8 Å². The Kier molecular flexibility index (Phi) is 4.73. The molecule has 2 aliphatic heterocycles. The molecule has 1 atom stereocenters. The second-order valence-corrected chi connectivity index (χ2v) is 6.14. The average Bonchev–Trinajstić information content (AvgIpc) is 3.19. The SMILES string of the molecule is O=C(NCc1ccc(CN2CCCC2=O)cc1)C1CCNC1. The van der Waals surface area contributed by atoms with E-state index in [0.717, 1.165) is 43.6 Å². The third-order valence-corrected chi connectivity index (χ3v) is 4.47. The maximum Gasteiger partial charge on any atom is 0.224 e. The van der Waals surface area contributed by atoms with Crippen molar-refractivity contribution in [3.05, 3.63) is 35.4 Å². The maximum absolute atomic E-state index is 12.0. The van der Waals surface area contributed by atoms with E-state index < -0.39 is 0 Å². The molecule has 2 amide bonds. The summed E-state index contributed by atoms with van der Waals surface area (Å²) in [6.07, 6.45) is 2.58. The van der Waals surface area contributed by atoms with E-state index in [-0.39, 0.29) is 17.7 Å². The van der Waals surface area contributed by atoms with Gasteiger partial charge in [0, 0.05) is 32.6 Å². The van der Waals surface area contributed by atoms with Crippen molar-refractivity contribution in [2.24, 2.45) is 5.92 Å². The van der Waals surface area contributed by atoms with Gasteiger partial charge in [0.25, 0.3) is 0 Å². The van der Waals surface area contributed by atoms with E-state index in [1.807, 2.05) is 29.2 Å². The van der Waals surface area contributed by atoms with Gasteiger partial charge in [-0.1, -0.05) is 24.3 Å². The Morgan fingerprint density at radius 2 is 2.05 bits per heavy atom. The third-order valence-electron chi connectivity index (χ3n) is 4.47. The van der Waals surface area contributed by atoms with Crippen molar-refractivity contribution in [3.8, 4) is 0 Å². The summed E-state index contributed by atoms with van der Waals surface area (Å²) in [5.41, 5.74) is 2.24. The fourth-order valence-corrected chi connectivity index (χ4v) is 3.07. The van der Waals surface area contributed by atoms with Gasteiger partial charge in [0.15, 0.2) is 0 Å². The first-order chi connectivity index (χ1) is 10.7. The van der Waals surface area contributed by atoms with Crippen LogP contribution >= 0.6 is 0 Å². The first kappa shape index (κ1) is 15.0. The van der Waals surface area contributed by atoms with Gasteiger partial charge in [0.05, 0.1) is 5.92 Å². The predicted molar refractivity (Wildman–Crippen MR) is 83.9 cm³/mol. The molecule has 0 radical (unpaired) electrons. The largest absolute Gasteiger partial charge is 0.352 e. The summed E-state index contributed by atoms with van der Waals surface area (Å²) >= 11 is 0. The van der Waals surface area contributed by atoms with E-state index in [9.17, 15) is 9.59 Å². The van der Waals surface area contributed by atoms with E-state index >= 15 is 0 Å². The van der Waals surface area contributed by atoms with Crippen LogP contribution in [0.4, 0.5) is 0 Å². The van der Waals surface area contributed by atoms with Crippen LogP contribution in [0.25, 0.3) is 0 Å². The van der Waals surface area contributed by atoms with Crippen molar-refractivity contribution in [3.63, 3.8) is 0 Å². The van der Waals surface area contributed by atoms with E-state index in [4.69, 9.17) is 0 Å². The lowest BCUT2D eigenvalue weighted by Gasteiger charge is -2.16. The van der Waals surface area contributed by atoms with Crippen LogP contribution in [0.2, 0.25) is 0 Å². The Morgan fingerprint density at radius 3 is 2.68 bits per heavy atom. The minimum absolute atomic E-state index is 0.112. The van der Waals surface area contributed by atoms with Gasteiger partial charge in [-0.15, -0.1) is 0 Å². The molecule has 1 unspecified atom stereocenters. The Bertz CT molecular complexity index is 535. The molecular formula is C17H23N3O2. The molecule has 2 fully saturated rings. The molecular weight excluding hydrogens is 278 g/mol. The monoisotopic (exact) mass is 301 g/mol. The van der Waals surface area contributed by atoms with E-state index in [1.165, 1.54) is 0 Å². The Morgan fingerprint density at radius 1 is 1.27 bits per heavy atom. The average molecular weight is 301 g/mol. The number of amides is 2. The molecule has 0 bridgehead atoms. The highest BCUT2D eigenvalue weighted by Crippen LogP contribution is 2.15. The van der Waals surface area contributed by atoms with Gasteiger partial charge in [-0.05, 0) is 30.5 Å². The predicted octanol–water partition coefficient (Wildman–Crippen LogP) is 1.03. The fourth-order valence-electron chi connectivity index (χ4n) is 3.07. The number of hydrogen-bond acceptors (Lipinski definition) is 3. The molecule has 5 nitrogen and oxygen atoms in total. The number of carbonyl (C=O) groups excluding carboxylic acids is 2. The molecule has 2 heterocycles. The van der Waals surface area contributed by atoms with Crippen LogP contribution < -0.4 is 10.6 Å². The normalized spacial score (nSPS) is 21.4. The van der Waals surface area contributed by atoms with E-state index in [1.54, 1.807) is 0 Å². The summed E-state index contributed by atoms with van der Waals surface area (Å²) in [5, 5.41) is 6.20. The summed E-state index contributed by atoms with van der Waals surface area (Å²) in [5.74, 6) is 0.499. The van der Waals surface area contributed by atoms with Gasteiger partial charge < -0.3 is 15.5 Å². The van der Waals surface area contributed by atoms with Crippen molar-refractivity contribution >= 4 is 11.8 Å². The topological polar surface area (TPSA) is 61.4 Å². The highest BCUT2D eigenvalue weighted by molar-refractivity contribution is 5.79. The summed E-state index contributed by atoms with van der Waals surface area (Å²) in [7, 11) is 0. The summed E-state index contributed by atoms with van der Waals surface area (Å²) in [6.45, 7) is 3.85. The van der Waals surface area contributed by atoms with E-state index in [0.29, 0.717) is 19.5 Å². The Balaban J connectivity index is 1.48. The zero-order chi connectivity index (χ0) is 15.4. The second kappa shape index (κ2) is 6.92. The number of hydrogen-bond donors (Lipinski definition) is 2. The molecule has 0 saturated carbocycles. The van der Waals surface area contributed by atoms with Crippen molar-refractivity contribution in [1.29, 1.82) is 0 Å². The van der Waals surface area contributed by atoms with Crippen LogP contribution in [-0.4, -0.2) is 36.3 Å². The van der Waals surface area contributed by atoms with Gasteiger partial charge in [-0.3, -0.25) is 9.59 Å². The molecule has 2 aliphatic rings. The van der Waals surface area contributed by atoms with E-state index in [2.05, 4.69) is 10.6 Å². The molecule has 0 aromatic heterocycles. The van der Waals surface area contributed by atoms with Crippen LogP contribution in [0.5, 0.6) is 0 Å². The number of nitrogens with one attached hydrogen (secondary N) is 2. The minimum atomic E-state index is 0.112. The zero-order valence-electron chi connectivity index (χ0n) is 12.8. The quantitative estimate of drug-likeness (QED) is 0.854. The third kappa shape index (κ3) is 3.65. The number of benzene rings is 1. The number of likely N-dealkylation sites (tertiary alicyclic amines) is 1. The number of rotatable bonds is 5. The Hall–Kier alpha value is -1.88. The summed E-state index contributed by atoms with van der Waals surface area (Å²) in [6, 6.07) is 8.15. The molecule has 118 valence electrons. The molecule has 5 heteroatoms. The van der Waals surface area contributed by atoms with Gasteiger partial charge >= 0.3 is 0 Å². The van der Waals surface area contributed by atoms with Crippen LogP contribution in [-0.2, 0) is 22.7 Å². The summed E-state index contributed by atoms with van der Waals surface area (Å²) < 4.78 is 0. The smallest absolute Gasteiger partial charge is 0.224 e. The van der Waals surface area contributed by atoms with Crippen LogP contribution in [0.3, 0.4) is 0 Å². The van der Waals surface area contributed by atoms with Crippen LogP contribution in [0.15, 0.2) is 24.3 Å². The molecule has 0 spiro atoms. The minimum Gasteiger partial charge on any atom is -0.352 e. The number of nitrogens with zero attached hydrogens (tertiary/aromatic N) is 1. The molecule has 22 heavy (non-hydrogen) atoms. The first-order valence-electron chi connectivity index (χ1n) is 8.06.